The molecule has 0 radical (unpaired) electrons. The molecular weight excluding hydrogens is 322 g/mol. The highest BCUT2D eigenvalue weighted by Gasteiger charge is 2.10. The number of methoxy groups -OCH3 is 1. The van der Waals surface area contributed by atoms with E-state index in [4.69, 9.17) is 4.74 Å². The normalized spacial score (nSPS) is 10.2. The Morgan fingerprint density at radius 3 is 2.40 bits per heavy atom. The zero-order valence-corrected chi connectivity index (χ0v) is 14.5. The molecule has 2 rings (SSSR count). The van der Waals surface area contributed by atoms with Gasteiger partial charge in [0.05, 0.1) is 12.7 Å². The minimum Gasteiger partial charge on any atom is -0.497 e. The van der Waals surface area contributed by atoms with Gasteiger partial charge in [-0.1, -0.05) is 0 Å². The molecule has 2 amide bonds. The predicted octanol–water partition coefficient (Wildman–Crippen LogP) is 1.05. The molecule has 132 valence electrons. The minimum atomic E-state index is -0.339. The standard InChI is InChI=1S/C18H21N3O4/c1-20(2)16(22)10-11-19-18(24)13-4-9-17(23)21(12-13)14-5-7-15(25-3)8-6-14/h4-9,12H,10-11H2,1-3H3,(H,19,24). The number of pyridine rings is 1. The summed E-state index contributed by atoms with van der Waals surface area (Å²) in [4.78, 5) is 37.3. The molecule has 7 nitrogen and oxygen atoms in total. The van der Waals surface area contributed by atoms with Gasteiger partial charge in [-0.3, -0.25) is 19.0 Å². The van der Waals surface area contributed by atoms with Crippen molar-refractivity contribution in [2.24, 2.45) is 0 Å². The molecule has 0 aliphatic rings. The van der Waals surface area contributed by atoms with Crippen LogP contribution in [0.4, 0.5) is 0 Å². The highest BCUT2D eigenvalue weighted by Crippen LogP contribution is 2.14. The number of hydrogen-bond donors (Lipinski definition) is 1. The lowest BCUT2D eigenvalue weighted by atomic mass is 10.2. The van der Waals surface area contributed by atoms with Crippen LogP contribution in [0.3, 0.4) is 0 Å². The fourth-order valence-electron chi connectivity index (χ4n) is 2.17. The maximum Gasteiger partial charge on any atom is 0.255 e. The van der Waals surface area contributed by atoms with Crippen LogP contribution < -0.4 is 15.6 Å². The number of carbonyl (C=O) groups excluding carboxylic acids is 2. The Morgan fingerprint density at radius 2 is 1.80 bits per heavy atom. The van der Waals surface area contributed by atoms with E-state index in [1.165, 1.54) is 27.8 Å². The molecule has 25 heavy (non-hydrogen) atoms. The maximum absolute atomic E-state index is 12.2. The van der Waals surface area contributed by atoms with Gasteiger partial charge in [0.15, 0.2) is 0 Å². The quantitative estimate of drug-likeness (QED) is 0.850. The highest BCUT2D eigenvalue weighted by molar-refractivity contribution is 5.94. The van der Waals surface area contributed by atoms with Gasteiger partial charge in [0.2, 0.25) is 5.91 Å². The third-order valence-corrected chi connectivity index (χ3v) is 3.65. The van der Waals surface area contributed by atoms with E-state index in [1.54, 1.807) is 45.5 Å². The Hall–Kier alpha value is -3.09. The van der Waals surface area contributed by atoms with Gasteiger partial charge >= 0.3 is 0 Å². The van der Waals surface area contributed by atoms with Gasteiger partial charge in [-0.2, -0.15) is 0 Å². The van der Waals surface area contributed by atoms with Gasteiger partial charge < -0.3 is 15.0 Å². The Balaban J connectivity index is 2.13. The molecule has 1 heterocycles. The molecule has 1 aromatic carbocycles. The van der Waals surface area contributed by atoms with Crippen LogP contribution >= 0.6 is 0 Å². The largest absolute Gasteiger partial charge is 0.497 e. The van der Waals surface area contributed by atoms with Crippen LogP contribution in [0.1, 0.15) is 16.8 Å². The number of hydrogen-bond acceptors (Lipinski definition) is 4. The Bertz CT molecular complexity index is 810. The maximum atomic E-state index is 12.2. The number of carbonyl (C=O) groups is 2. The van der Waals surface area contributed by atoms with E-state index >= 15 is 0 Å². The molecule has 0 atom stereocenters. The van der Waals surface area contributed by atoms with Crippen molar-refractivity contribution in [1.82, 2.24) is 14.8 Å². The van der Waals surface area contributed by atoms with Crippen molar-refractivity contribution >= 4 is 11.8 Å². The fourth-order valence-corrected chi connectivity index (χ4v) is 2.17. The first kappa shape index (κ1) is 18.3. The van der Waals surface area contributed by atoms with E-state index in [9.17, 15) is 14.4 Å². The molecule has 0 saturated carbocycles. The molecule has 2 aromatic rings. The van der Waals surface area contributed by atoms with Gasteiger partial charge in [0.1, 0.15) is 5.75 Å². The Kier molecular flexibility index (Phi) is 5.94. The summed E-state index contributed by atoms with van der Waals surface area (Å²) in [5.41, 5.74) is 0.723. The number of nitrogens with one attached hydrogen (secondary N) is 1. The number of rotatable bonds is 6. The average Bonchev–Trinajstić information content (AvgIpc) is 2.62. The zero-order valence-electron chi connectivity index (χ0n) is 14.5. The van der Waals surface area contributed by atoms with Crippen molar-refractivity contribution in [3.8, 4) is 11.4 Å². The second-order valence-electron chi connectivity index (χ2n) is 5.62. The number of amides is 2. The zero-order chi connectivity index (χ0) is 18.4. The van der Waals surface area contributed by atoms with E-state index in [0.29, 0.717) is 17.0 Å². The summed E-state index contributed by atoms with van der Waals surface area (Å²) >= 11 is 0. The first-order valence-corrected chi connectivity index (χ1v) is 7.78. The number of nitrogens with zero attached hydrogens (tertiary/aromatic N) is 2. The van der Waals surface area contributed by atoms with Crippen molar-refractivity contribution in [3.63, 3.8) is 0 Å². The molecular formula is C18H21N3O4. The van der Waals surface area contributed by atoms with Gasteiger partial charge in [0, 0.05) is 45.0 Å². The van der Waals surface area contributed by atoms with Crippen LogP contribution in [0.5, 0.6) is 5.75 Å². The summed E-state index contributed by atoms with van der Waals surface area (Å²) in [6.07, 6.45) is 1.70. The number of ether oxygens (including phenoxy) is 1. The molecule has 0 spiro atoms. The summed E-state index contributed by atoms with van der Waals surface area (Å²) in [7, 11) is 4.89. The molecule has 1 aromatic heterocycles. The topological polar surface area (TPSA) is 80.6 Å². The monoisotopic (exact) mass is 343 g/mol. The lowest BCUT2D eigenvalue weighted by Crippen LogP contribution is -2.31. The van der Waals surface area contributed by atoms with Crippen molar-refractivity contribution in [2.75, 3.05) is 27.7 Å². The van der Waals surface area contributed by atoms with Crippen molar-refractivity contribution < 1.29 is 14.3 Å². The van der Waals surface area contributed by atoms with Crippen molar-refractivity contribution in [2.45, 2.75) is 6.42 Å². The van der Waals surface area contributed by atoms with Crippen LogP contribution in [0.15, 0.2) is 47.4 Å². The molecule has 7 heteroatoms. The van der Waals surface area contributed by atoms with Gasteiger partial charge in [-0.15, -0.1) is 0 Å². The third kappa shape index (κ3) is 4.69. The van der Waals surface area contributed by atoms with Crippen molar-refractivity contribution in [1.29, 1.82) is 0 Å². The van der Waals surface area contributed by atoms with Crippen LogP contribution in [0, 0.1) is 0 Å². The second-order valence-corrected chi connectivity index (χ2v) is 5.62. The second kappa shape index (κ2) is 8.14. The van der Waals surface area contributed by atoms with Crippen LogP contribution in [0.2, 0.25) is 0 Å². The van der Waals surface area contributed by atoms with E-state index in [2.05, 4.69) is 5.32 Å². The lowest BCUT2D eigenvalue weighted by Gasteiger charge is -2.11. The predicted molar refractivity (Wildman–Crippen MR) is 94.2 cm³/mol. The van der Waals surface area contributed by atoms with Gasteiger partial charge in [0.25, 0.3) is 11.5 Å². The third-order valence-electron chi connectivity index (χ3n) is 3.65. The summed E-state index contributed by atoms with van der Waals surface area (Å²) in [5, 5.41) is 2.68. The smallest absolute Gasteiger partial charge is 0.255 e. The molecule has 0 saturated heterocycles. The number of aromatic nitrogens is 1. The van der Waals surface area contributed by atoms with Crippen LogP contribution in [-0.2, 0) is 4.79 Å². The van der Waals surface area contributed by atoms with Crippen LogP contribution in [0.25, 0.3) is 5.69 Å². The first-order valence-electron chi connectivity index (χ1n) is 7.78. The van der Waals surface area contributed by atoms with E-state index in [-0.39, 0.29) is 30.3 Å². The first-order chi connectivity index (χ1) is 11.9. The summed E-state index contributed by atoms with van der Waals surface area (Å²) in [5.74, 6) is 0.272. The summed E-state index contributed by atoms with van der Waals surface area (Å²) in [6.45, 7) is 0.234. The van der Waals surface area contributed by atoms with Crippen LogP contribution in [-0.4, -0.2) is 49.0 Å². The summed E-state index contributed by atoms with van der Waals surface area (Å²) in [6, 6.07) is 9.74. The molecule has 0 aliphatic heterocycles. The van der Waals surface area contributed by atoms with Gasteiger partial charge in [-0.05, 0) is 30.3 Å². The lowest BCUT2D eigenvalue weighted by molar-refractivity contribution is -0.128. The Labute approximate surface area is 145 Å². The minimum absolute atomic E-state index is 0.0662. The van der Waals surface area contributed by atoms with E-state index in [0.717, 1.165) is 0 Å². The SMILES string of the molecule is COc1ccc(-n2cc(C(=O)NCCC(=O)N(C)C)ccc2=O)cc1. The average molecular weight is 343 g/mol. The van der Waals surface area contributed by atoms with E-state index < -0.39 is 0 Å². The van der Waals surface area contributed by atoms with E-state index in [1.807, 2.05) is 0 Å². The van der Waals surface area contributed by atoms with Gasteiger partial charge in [-0.25, -0.2) is 0 Å². The molecule has 0 aliphatic carbocycles. The molecule has 0 bridgehead atoms. The summed E-state index contributed by atoms with van der Waals surface area (Å²) < 4.78 is 6.48. The molecule has 1 N–H and O–H groups in total. The highest BCUT2D eigenvalue weighted by atomic mass is 16.5. The van der Waals surface area contributed by atoms with Crippen molar-refractivity contribution in [3.05, 3.63) is 58.5 Å². The number of benzene rings is 1. The molecule has 0 fully saturated rings. The fraction of sp³-hybridized carbons (Fsp3) is 0.278. The molecule has 0 unspecified atom stereocenters. The Morgan fingerprint density at radius 1 is 1.12 bits per heavy atom.